The van der Waals surface area contributed by atoms with E-state index < -0.39 is 31.4 Å². The molecule has 3 N–H and O–H groups in total. The van der Waals surface area contributed by atoms with E-state index in [-0.39, 0.29) is 22.9 Å². The van der Waals surface area contributed by atoms with Gasteiger partial charge in [0.25, 0.3) is 21.6 Å². The van der Waals surface area contributed by atoms with Crippen LogP contribution in [0.4, 0.5) is 17.1 Å². The number of H-pyrrole nitrogens is 1. The van der Waals surface area contributed by atoms with Gasteiger partial charge in [-0.3, -0.25) is 19.8 Å². The number of nitrogens with one attached hydrogen (secondary N) is 3. The van der Waals surface area contributed by atoms with Crippen LogP contribution in [0.5, 0.6) is 11.5 Å². The van der Waals surface area contributed by atoms with Crippen molar-refractivity contribution in [2.45, 2.75) is 56.4 Å². The number of aromatic amines is 1. The van der Waals surface area contributed by atoms with Crippen molar-refractivity contribution in [3.63, 3.8) is 0 Å². The number of aryl methyl sites for hydroxylation is 1. The largest absolute Gasteiger partial charge is 0.455 e. The summed E-state index contributed by atoms with van der Waals surface area (Å²) in [6.07, 6.45) is 9.60. The highest BCUT2D eigenvalue weighted by molar-refractivity contribution is 7.90. The lowest BCUT2D eigenvalue weighted by atomic mass is 9.94. The van der Waals surface area contributed by atoms with E-state index in [0.717, 1.165) is 69.0 Å². The van der Waals surface area contributed by atoms with E-state index in [1.54, 1.807) is 30.5 Å². The molecule has 298 valence electrons. The minimum atomic E-state index is -4.54. The lowest BCUT2D eigenvalue weighted by Crippen LogP contribution is -2.47. The SMILES string of the molecule is Cc1cccc2c1CCCCC2N1CCN(c2ccc(C(=O)NS(=O)(=O)c3ccc(NCC4CCOCC4)c([N+](=O)[O-])c3)c(Oc3cnc4[nH]ccc4c3)c2)CC1. The van der Waals surface area contributed by atoms with Gasteiger partial charge in [-0.15, -0.1) is 0 Å². The molecule has 0 radical (unpaired) electrons. The lowest BCUT2D eigenvalue weighted by molar-refractivity contribution is -0.384. The molecule has 2 aliphatic heterocycles. The molecule has 15 heteroatoms. The van der Waals surface area contributed by atoms with Crippen LogP contribution in [0.3, 0.4) is 0 Å². The molecular formula is C42H47N7O7S. The van der Waals surface area contributed by atoms with Crippen LogP contribution in [-0.2, 0) is 21.2 Å². The summed E-state index contributed by atoms with van der Waals surface area (Å²) in [6.45, 7) is 7.20. The zero-order valence-corrected chi connectivity index (χ0v) is 32.7. The van der Waals surface area contributed by atoms with Crippen LogP contribution in [-0.4, -0.2) is 80.1 Å². The van der Waals surface area contributed by atoms with Crippen LogP contribution in [0.1, 0.15) is 65.2 Å². The number of anilines is 2. The minimum Gasteiger partial charge on any atom is -0.455 e. The van der Waals surface area contributed by atoms with E-state index in [9.17, 15) is 23.3 Å². The summed E-state index contributed by atoms with van der Waals surface area (Å²) in [7, 11) is -4.54. The first kappa shape index (κ1) is 38.4. The number of pyridine rings is 1. The predicted molar refractivity (Wildman–Crippen MR) is 218 cm³/mol. The second-order valence-electron chi connectivity index (χ2n) is 15.1. The average molecular weight is 794 g/mol. The maximum absolute atomic E-state index is 13.9. The zero-order chi connectivity index (χ0) is 39.5. The van der Waals surface area contributed by atoms with Crippen LogP contribution >= 0.6 is 0 Å². The van der Waals surface area contributed by atoms with Gasteiger partial charge >= 0.3 is 0 Å². The number of hydrogen-bond acceptors (Lipinski definition) is 11. The highest BCUT2D eigenvalue weighted by atomic mass is 32.2. The van der Waals surface area contributed by atoms with Gasteiger partial charge in [-0.2, -0.15) is 0 Å². The van der Waals surface area contributed by atoms with Crippen molar-refractivity contribution in [3.05, 3.63) is 111 Å². The Balaban J connectivity index is 1.02. The number of nitro groups is 1. The number of carbonyl (C=O) groups excluding carboxylic acids is 1. The molecule has 2 fully saturated rings. The fraction of sp³-hybridized carbons (Fsp3) is 0.381. The normalized spacial score (nSPS) is 18.1. The lowest BCUT2D eigenvalue weighted by Gasteiger charge is -2.41. The van der Waals surface area contributed by atoms with Gasteiger partial charge in [0.2, 0.25) is 0 Å². The van der Waals surface area contributed by atoms with Gasteiger partial charge in [0.05, 0.1) is 21.6 Å². The van der Waals surface area contributed by atoms with E-state index in [4.69, 9.17) is 9.47 Å². The van der Waals surface area contributed by atoms with E-state index >= 15 is 0 Å². The van der Waals surface area contributed by atoms with Crippen LogP contribution in [0.15, 0.2) is 84.0 Å². The summed E-state index contributed by atoms with van der Waals surface area (Å²) in [5.74, 6) is -0.152. The van der Waals surface area contributed by atoms with Crippen molar-refractivity contribution in [3.8, 4) is 11.5 Å². The first-order valence-electron chi connectivity index (χ1n) is 19.6. The third-order valence-corrected chi connectivity index (χ3v) is 12.8. The molecule has 0 bridgehead atoms. The maximum atomic E-state index is 13.9. The number of ether oxygens (including phenoxy) is 2. The van der Waals surface area contributed by atoms with Gasteiger partial charge in [0.15, 0.2) is 0 Å². The summed E-state index contributed by atoms with van der Waals surface area (Å²) in [6, 6.07) is 19.4. The van der Waals surface area contributed by atoms with Gasteiger partial charge in [0.1, 0.15) is 22.8 Å². The van der Waals surface area contributed by atoms with Crippen LogP contribution in [0, 0.1) is 23.0 Å². The Morgan fingerprint density at radius 2 is 1.84 bits per heavy atom. The molecule has 1 atom stereocenters. The summed E-state index contributed by atoms with van der Waals surface area (Å²) in [4.78, 5) is 37.2. The molecule has 1 amide bonds. The topological polar surface area (TPSA) is 172 Å². The second-order valence-corrected chi connectivity index (χ2v) is 16.8. The second kappa shape index (κ2) is 16.5. The highest BCUT2D eigenvalue weighted by Gasteiger charge is 2.30. The third kappa shape index (κ3) is 8.46. The Morgan fingerprint density at radius 3 is 2.65 bits per heavy atom. The number of amides is 1. The van der Waals surface area contributed by atoms with Crippen molar-refractivity contribution in [1.29, 1.82) is 0 Å². The molecule has 3 aromatic carbocycles. The Kier molecular flexibility index (Phi) is 11.1. The summed E-state index contributed by atoms with van der Waals surface area (Å²) < 4.78 is 41.1. The minimum absolute atomic E-state index is 0.0233. The summed E-state index contributed by atoms with van der Waals surface area (Å²) in [5, 5.41) is 15.9. The maximum Gasteiger partial charge on any atom is 0.293 e. The molecule has 5 aromatic rings. The third-order valence-electron chi connectivity index (χ3n) is 11.5. The zero-order valence-electron chi connectivity index (χ0n) is 31.9. The molecule has 57 heavy (non-hydrogen) atoms. The van der Waals surface area contributed by atoms with Crippen molar-refractivity contribution in [1.82, 2.24) is 19.6 Å². The fourth-order valence-electron chi connectivity index (χ4n) is 8.35. The van der Waals surface area contributed by atoms with E-state index in [2.05, 4.69) is 54.9 Å². The fourth-order valence-corrected chi connectivity index (χ4v) is 9.33. The van der Waals surface area contributed by atoms with E-state index in [0.29, 0.717) is 37.2 Å². The molecule has 8 rings (SSSR count). The van der Waals surface area contributed by atoms with Crippen molar-refractivity contribution >= 4 is 44.0 Å². The standard InChI is InChI=1S/C42H47N7O7S/c1-28-5-4-7-35-34(28)6-2-3-8-38(35)48-19-17-47(18-20-48)31-9-11-36(40(24-31)56-32-23-30-13-16-43-41(30)45-27-32)42(50)46-57(53,54)33-10-12-37(39(25-33)49(51)52)44-26-29-14-21-55-22-15-29/h4-5,7,9-13,16,23-25,27,29,38,44H,2-3,6,8,14-15,17-22,26H2,1H3,(H,43,45)(H,46,50). The number of benzene rings is 3. The van der Waals surface area contributed by atoms with Gasteiger partial charge in [-0.05, 0) is 98.0 Å². The van der Waals surface area contributed by atoms with Crippen LogP contribution in [0.25, 0.3) is 11.0 Å². The number of aromatic nitrogens is 2. The quantitative estimate of drug-likeness (QED) is 0.0707. The molecule has 4 heterocycles. The van der Waals surface area contributed by atoms with E-state index in [1.807, 2.05) is 6.07 Å². The first-order valence-corrected chi connectivity index (χ1v) is 21.1. The molecule has 1 aliphatic carbocycles. The number of sulfonamides is 1. The number of hydrogen-bond donors (Lipinski definition) is 3. The Hall–Kier alpha value is -5.51. The van der Waals surface area contributed by atoms with Crippen molar-refractivity contribution in [2.75, 3.05) is 56.2 Å². The summed E-state index contributed by atoms with van der Waals surface area (Å²) in [5.41, 5.74) is 5.57. The Labute approximate surface area is 331 Å². The highest BCUT2D eigenvalue weighted by Crippen LogP contribution is 2.37. The molecular weight excluding hydrogens is 747 g/mol. The van der Waals surface area contributed by atoms with Crippen LogP contribution < -0.4 is 19.7 Å². The Morgan fingerprint density at radius 1 is 1.02 bits per heavy atom. The molecule has 14 nitrogen and oxygen atoms in total. The molecule has 2 saturated heterocycles. The number of carbonyl (C=O) groups is 1. The van der Waals surface area contributed by atoms with Crippen LogP contribution in [0.2, 0.25) is 0 Å². The molecule has 1 unspecified atom stereocenters. The van der Waals surface area contributed by atoms with Gasteiger partial charge in [-0.25, -0.2) is 18.1 Å². The van der Waals surface area contributed by atoms with Gasteiger partial charge in [0, 0.05) is 81.4 Å². The predicted octanol–water partition coefficient (Wildman–Crippen LogP) is 7.12. The van der Waals surface area contributed by atoms with Crippen molar-refractivity contribution in [2.24, 2.45) is 5.92 Å². The van der Waals surface area contributed by atoms with Crippen molar-refractivity contribution < 1.29 is 27.6 Å². The number of nitrogens with zero attached hydrogens (tertiary/aromatic N) is 4. The molecule has 2 aromatic heterocycles. The number of piperazine rings is 1. The monoisotopic (exact) mass is 793 g/mol. The van der Waals surface area contributed by atoms with Gasteiger partial charge < -0.3 is 24.7 Å². The number of nitro benzene ring substituents is 1. The Bertz CT molecular complexity index is 2390. The molecule has 0 spiro atoms. The smallest absolute Gasteiger partial charge is 0.293 e. The number of fused-ring (bicyclic) bond motifs is 2. The molecule has 3 aliphatic rings. The number of rotatable bonds is 11. The van der Waals surface area contributed by atoms with Gasteiger partial charge in [-0.1, -0.05) is 24.6 Å². The first-order chi connectivity index (χ1) is 27.6. The van der Waals surface area contributed by atoms with E-state index in [1.165, 1.54) is 47.9 Å². The summed E-state index contributed by atoms with van der Waals surface area (Å²) >= 11 is 0. The average Bonchev–Trinajstić information content (AvgIpc) is 3.58. The molecule has 0 saturated carbocycles.